The van der Waals surface area contributed by atoms with Crippen molar-refractivity contribution >= 4 is 21.5 Å². The lowest BCUT2D eigenvalue weighted by molar-refractivity contribution is -0.659. The van der Waals surface area contributed by atoms with Crippen molar-refractivity contribution in [3.8, 4) is 22.8 Å². The van der Waals surface area contributed by atoms with Crippen LogP contribution in [0.5, 0.6) is 11.5 Å². The first kappa shape index (κ1) is 14.5. The van der Waals surface area contributed by atoms with Gasteiger partial charge in [-0.25, -0.2) is 4.57 Å². The van der Waals surface area contributed by atoms with Gasteiger partial charge in [0.1, 0.15) is 18.5 Å². The Labute approximate surface area is 147 Å². The smallest absolute Gasteiger partial charge is 0.228 e. The van der Waals surface area contributed by atoms with Gasteiger partial charge in [0.2, 0.25) is 5.69 Å². The van der Waals surface area contributed by atoms with E-state index in [1.54, 1.807) is 0 Å². The van der Waals surface area contributed by atoms with Crippen molar-refractivity contribution < 1.29 is 9.30 Å². The Kier molecular flexibility index (Phi) is 2.79. The highest BCUT2D eigenvalue weighted by molar-refractivity contribution is 6.06. The van der Waals surface area contributed by atoms with Crippen molar-refractivity contribution in [3.63, 3.8) is 0 Å². The summed E-state index contributed by atoms with van der Waals surface area (Å²) in [7, 11) is 2.12. The minimum absolute atomic E-state index is 0.959. The van der Waals surface area contributed by atoms with Crippen LogP contribution in [0.15, 0.2) is 48.7 Å². The van der Waals surface area contributed by atoms with Crippen molar-refractivity contribution in [2.24, 2.45) is 7.05 Å². The molecule has 1 aliphatic rings. The number of aromatic nitrogens is 1. The summed E-state index contributed by atoms with van der Waals surface area (Å²) in [5.41, 5.74) is 6.22. The lowest BCUT2D eigenvalue weighted by atomic mass is 9.90. The SMILES string of the molecule is Cc1cc2cc[n+](C)c3c2c(c1C)Oc1cc2ccccc2c(C)c1-3. The fourth-order valence-electron chi connectivity index (χ4n) is 4.14. The Balaban J connectivity index is 2.03. The Morgan fingerprint density at radius 3 is 2.52 bits per heavy atom. The first-order chi connectivity index (χ1) is 12.1. The third-order valence-electron chi connectivity index (χ3n) is 5.61. The quantitative estimate of drug-likeness (QED) is 0.342. The van der Waals surface area contributed by atoms with E-state index in [4.69, 9.17) is 4.74 Å². The van der Waals surface area contributed by atoms with E-state index in [0.717, 1.165) is 11.5 Å². The average molecular weight is 326 g/mol. The molecular weight excluding hydrogens is 306 g/mol. The molecule has 0 fully saturated rings. The van der Waals surface area contributed by atoms with E-state index in [9.17, 15) is 0 Å². The molecule has 0 unspecified atom stereocenters. The first-order valence-electron chi connectivity index (χ1n) is 8.69. The fourth-order valence-corrected chi connectivity index (χ4v) is 4.14. The summed E-state index contributed by atoms with van der Waals surface area (Å²) >= 11 is 0. The van der Waals surface area contributed by atoms with Crippen molar-refractivity contribution in [2.75, 3.05) is 0 Å². The zero-order valence-corrected chi connectivity index (χ0v) is 15.0. The van der Waals surface area contributed by atoms with Crippen molar-refractivity contribution in [1.29, 1.82) is 0 Å². The van der Waals surface area contributed by atoms with Gasteiger partial charge >= 0.3 is 0 Å². The molecule has 0 radical (unpaired) electrons. The molecule has 25 heavy (non-hydrogen) atoms. The predicted octanol–water partition coefficient (Wildman–Crippen LogP) is 5.52. The predicted molar refractivity (Wildman–Crippen MR) is 102 cm³/mol. The molecule has 5 rings (SSSR count). The fraction of sp³-hybridized carbons (Fsp3) is 0.174. The highest BCUT2D eigenvalue weighted by Gasteiger charge is 2.31. The third-order valence-corrected chi connectivity index (χ3v) is 5.61. The Morgan fingerprint density at radius 2 is 1.68 bits per heavy atom. The standard InChI is InChI=1S/C23H20NO/c1-13-11-17-9-10-24(4)22-20-15(3)18-8-6-5-7-16(18)12-19(20)25-23(14(13)2)21(17)22/h5-12H,1-4H3/q+1. The molecule has 3 aromatic carbocycles. The number of hydrogen-bond acceptors (Lipinski definition) is 1. The van der Waals surface area contributed by atoms with Gasteiger partial charge in [-0.1, -0.05) is 30.3 Å². The summed E-state index contributed by atoms with van der Waals surface area (Å²) in [6.07, 6.45) is 2.15. The van der Waals surface area contributed by atoms with Gasteiger partial charge in [0.15, 0.2) is 6.20 Å². The zero-order valence-electron chi connectivity index (χ0n) is 15.0. The van der Waals surface area contributed by atoms with E-state index in [1.807, 2.05) is 0 Å². The molecule has 0 spiro atoms. The summed E-state index contributed by atoms with van der Waals surface area (Å²) in [5, 5.41) is 4.97. The van der Waals surface area contributed by atoms with Gasteiger partial charge in [-0.2, -0.15) is 0 Å². The number of nitrogens with zero attached hydrogens (tertiary/aromatic N) is 1. The highest BCUT2D eigenvalue weighted by atomic mass is 16.5. The molecule has 0 amide bonds. The molecular formula is C23H20NO+. The molecule has 0 bridgehead atoms. The van der Waals surface area contributed by atoms with Gasteiger partial charge in [0, 0.05) is 6.07 Å². The molecule has 1 aliphatic heterocycles. The van der Waals surface area contributed by atoms with E-state index in [1.165, 1.54) is 49.5 Å². The van der Waals surface area contributed by atoms with Crippen LogP contribution in [0.4, 0.5) is 0 Å². The maximum absolute atomic E-state index is 6.49. The lowest BCUT2D eigenvalue weighted by Crippen LogP contribution is -2.32. The Bertz CT molecular complexity index is 1200. The summed E-state index contributed by atoms with van der Waals surface area (Å²) in [4.78, 5) is 0. The number of ether oxygens (including phenoxy) is 1. The highest BCUT2D eigenvalue weighted by Crippen LogP contribution is 2.49. The van der Waals surface area contributed by atoms with Gasteiger partial charge in [0.25, 0.3) is 0 Å². The molecule has 0 aliphatic carbocycles. The third kappa shape index (κ3) is 1.82. The lowest BCUT2D eigenvalue weighted by Gasteiger charge is -2.23. The Morgan fingerprint density at radius 1 is 0.880 bits per heavy atom. The van der Waals surface area contributed by atoms with Gasteiger partial charge in [-0.15, -0.1) is 0 Å². The van der Waals surface area contributed by atoms with Crippen LogP contribution in [0.25, 0.3) is 32.8 Å². The Hall–Kier alpha value is -2.87. The first-order valence-corrected chi connectivity index (χ1v) is 8.69. The number of rotatable bonds is 0. The average Bonchev–Trinajstić information content (AvgIpc) is 2.61. The summed E-state index contributed by atoms with van der Waals surface area (Å²) in [6, 6.07) is 15.2. The zero-order chi connectivity index (χ0) is 17.3. The maximum Gasteiger partial charge on any atom is 0.228 e. The van der Waals surface area contributed by atoms with Crippen molar-refractivity contribution in [3.05, 3.63) is 65.4 Å². The second-order valence-electron chi connectivity index (χ2n) is 7.08. The van der Waals surface area contributed by atoms with Crippen LogP contribution in [0.1, 0.15) is 16.7 Å². The largest absolute Gasteiger partial charge is 0.455 e. The van der Waals surface area contributed by atoms with E-state index in [0.29, 0.717) is 0 Å². The van der Waals surface area contributed by atoms with Crippen LogP contribution in [0, 0.1) is 20.8 Å². The second kappa shape index (κ2) is 4.82. The minimum atomic E-state index is 0.959. The molecule has 2 heteroatoms. The molecule has 0 atom stereocenters. The van der Waals surface area contributed by atoms with Crippen molar-refractivity contribution in [1.82, 2.24) is 0 Å². The maximum atomic E-state index is 6.49. The molecule has 2 heterocycles. The van der Waals surface area contributed by atoms with Crippen LogP contribution in [-0.2, 0) is 7.05 Å². The summed E-state index contributed by atoms with van der Waals surface area (Å²) < 4.78 is 8.72. The topological polar surface area (TPSA) is 13.1 Å². The molecule has 4 aromatic rings. The van der Waals surface area contributed by atoms with Crippen LogP contribution in [0.3, 0.4) is 0 Å². The molecule has 2 nitrogen and oxygen atoms in total. The van der Waals surface area contributed by atoms with E-state index in [-0.39, 0.29) is 0 Å². The van der Waals surface area contributed by atoms with Crippen LogP contribution >= 0.6 is 0 Å². The van der Waals surface area contributed by atoms with Crippen LogP contribution in [0.2, 0.25) is 0 Å². The summed E-state index contributed by atoms with van der Waals surface area (Å²) in [5.74, 6) is 1.96. The van der Waals surface area contributed by atoms with Crippen LogP contribution in [-0.4, -0.2) is 0 Å². The van der Waals surface area contributed by atoms with Crippen molar-refractivity contribution in [2.45, 2.75) is 20.8 Å². The molecule has 0 saturated carbocycles. The molecule has 0 N–H and O–H groups in total. The second-order valence-corrected chi connectivity index (χ2v) is 7.08. The monoisotopic (exact) mass is 326 g/mol. The minimum Gasteiger partial charge on any atom is -0.455 e. The van der Waals surface area contributed by atoms with Gasteiger partial charge in [-0.3, -0.25) is 0 Å². The van der Waals surface area contributed by atoms with E-state index >= 15 is 0 Å². The number of pyridine rings is 1. The van der Waals surface area contributed by atoms with E-state index in [2.05, 4.69) is 81.0 Å². The molecule has 0 saturated heterocycles. The normalized spacial score (nSPS) is 12.3. The number of hydrogen-bond donors (Lipinski definition) is 0. The summed E-state index contributed by atoms with van der Waals surface area (Å²) in [6.45, 7) is 6.51. The van der Waals surface area contributed by atoms with Gasteiger partial charge in [0.05, 0.1) is 10.9 Å². The van der Waals surface area contributed by atoms with Gasteiger partial charge < -0.3 is 4.74 Å². The van der Waals surface area contributed by atoms with E-state index < -0.39 is 0 Å². The molecule has 1 aromatic heterocycles. The number of benzene rings is 3. The number of fused-ring (bicyclic) bond motifs is 3. The molecule has 122 valence electrons. The number of aryl methyl sites for hydroxylation is 3. The van der Waals surface area contributed by atoms with Gasteiger partial charge in [-0.05, 0) is 59.7 Å². The van der Waals surface area contributed by atoms with Crippen LogP contribution < -0.4 is 9.30 Å².